The van der Waals surface area contributed by atoms with Crippen molar-refractivity contribution in [1.82, 2.24) is 0 Å². The lowest BCUT2D eigenvalue weighted by atomic mass is 10.0. The van der Waals surface area contributed by atoms with Gasteiger partial charge < -0.3 is 0 Å². The number of fused-ring (bicyclic) bond motifs is 4. The summed E-state index contributed by atoms with van der Waals surface area (Å²) >= 11 is 0. The van der Waals surface area contributed by atoms with Crippen molar-refractivity contribution < 1.29 is 14.8 Å². The van der Waals surface area contributed by atoms with E-state index in [0.29, 0.717) is 16.8 Å². The van der Waals surface area contributed by atoms with Crippen LogP contribution in [0.1, 0.15) is 28.7 Å². The fourth-order valence-electron chi connectivity index (χ4n) is 4.41. The van der Waals surface area contributed by atoms with Gasteiger partial charge in [0.05, 0.1) is 37.8 Å². The molecule has 32 heavy (non-hydrogen) atoms. The molecule has 0 fully saturated rings. The van der Waals surface area contributed by atoms with E-state index in [0.717, 1.165) is 30.9 Å². The summed E-state index contributed by atoms with van der Waals surface area (Å²) in [6, 6.07) is 11.8. The van der Waals surface area contributed by atoms with E-state index in [9.17, 15) is 30.3 Å². The molecular formula is C22H14N4O6. The first-order chi connectivity index (χ1) is 15.3. The Kier molecular flexibility index (Phi) is 4.29. The second-order valence-corrected chi connectivity index (χ2v) is 7.66. The molecule has 0 unspecified atom stereocenters. The fraction of sp³-hybridized carbons (Fsp3) is 0.136. The molecule has 3 aromatic carbocycles. The molecule has 0 bridgehead atoms. The van der Waals surface area contributed by atoms with Crippen LogP contribution in [0.3, 0.4) is 0 Å². The predicted molar refractivity (Wildman–Crippen MR) is 116 cm³/mol. The van der Waals surface area contributed by atoms with Gasteiger partial charge in [0.25, 0.3) is 17.1 Å². The summed E-state index contributed by atoms with van der Waals surface area (Å²) in [5.41, 5.74) is 3.23. The highest BCUT2D eigenvalue weighted by molar-refractivity contribution is 6.27. The molecule has 5 rings (SSSR count). The minimum atomic E-state index is -0.703. The smallest absolute Gasteiger partial charge is 0.258 e. The van der Waals surface area contributed by atoms with Crippen LogP contribution < -0.4 is 0 Å². The van der Waals surface area contributed by atoms with Crippen LogP contribution in [0.5, 0.6) is 0 Å². The van der Waals surface area contributed by atoms with E-state index in [1.165, 1.54) is 29.8 Å². The molecule has 0 atom stereocenters. The lowest BCUT2D eigenvalue weighted by molar-refractivity contribution is -0.393. The van der Waals surface area contributed by atoms with Gasteiger partial charge in [0, 0.05) is 29.3 Å². The van der Waals surface area contributed by atoms with Crippen LogP contribution in [-0.4, -0.2) is 20.5 Å². The number of aryl methyl sites for hydroxylation is 2. The molecule has 0 saturated carbocycles. The molecule has 158 valence electrons. The van der Waals surface area contributed by atoms with Crippen LogP contribution in [0.2, 0.25) is 0 Å². The third-order valence-corrected chi connectivity index (χ3v) is 5.83. The van der Waals surface area contributed by atoms with Crippen LogP contribution in [0.25, 0.3) is 11.1 Å². The number of nitro benzene ring substituents is 3. The Hall–Kier alpha value is -4.47. The number of nitrogens with zero attached hydrogens (tertiary/aromatic N) is 4. The quantitative estimate of drug-likeness (QED) is 0.327. The maximum Gasteiger partial charge on any atom is 0.284 e. The highest BCUT2D eigenvalue weighted by Crippen LogP contribution is 2.46. The van der Waals surface area contributed by atoms with Gasteiger partial charge in [-0.3, -0.25) is 30.3 Å². The molecule has 10 heteroatoms. The average Bonchev–Trinajstić information content (AvgIpc) is 3.35. The van der Waals surface area contributed by atoms with Crippen LogP contribution in [-0.2, 0) is 12.8 Å². The molecule has 2 aliphatic carbocycles. The van der Waals surface area contributed by atoms with Crippen molar-refractivity contribution >= 4 is 28.5 Å². The first-order valence-electron chi connectivity index (χ1n) is 9.80. The van der Waals surface area contributed by atoms with Gasteiger partial charge in [-0.2, -0.15) is 0 Å². The van der Waals surface area contributed by atoms with Crippen molar-refractivity contribution in [2.75, 3.05) is 0 Å². The van der Waals surface area contributed by atoms with Crippen LogP contribution in [0.4, 0.5) is 22.7 Å². The Morgan fingerprint density at radius 1 is 0.688 bits per heavy atom. The summed E-state index contributed by atoms with van der Waals surface area (Å²) < 4.78 is 0. The minimum absolute atomic E-state index is 0.172. The lowest BCUT2D eigenvalue weighted by Crippen LogP contribution is -2.01. The van der Waals surface area contributed by atoms with E-state index in [-0.39, 0.29) is 22.5 Å². The number of rotatable bonds is 4. The number of aliphatic imine (C=N–C) groups is 1. The van der Waals surface area contributed by atoms with E-state index in [1.807, 2.05) is 18.2 Å². The third-order valence-electron chi connectivity index (χ3n) is 5.83. The van der Waals surface area contributed by atoms with Gasteiger partial charge in [0.15, 0.2) is 0 Å². The Morgan fingerprint density at radius 3 is 2.12 bits per heavy atom. The Morgan fingerprint density at radius 2 is 1.41 bits per heavy atom. The topological polar surface area (TPSA) is 142 Å². The summed E-state index contributed by atoms with van der Waals surface area (Å²) in [4.78, 5) is 37.3. The number of benzene rings is 3. The molecule has 0 amide bonds. The number of hydrogen-bond acceptors (Lipinski definition) is 7. The summed E-state index contributed by atoms with van der Waals surface area (Å²) in [5.74, 6) is 0. The maximum atomic E-state index is 11.7. The van der Waals surface area contributed by atoms with E-state index in [2.05, 4.69) is 4.99 Å². The largest absolute Gasteiger partial charge is 0.284 e. The lowest BCUT2D eigenvalue weighted by Gasteiger charge is -2.05. The molecule has 0 aliphatic heterocycles. The third kappa shape index (κ3) is 3.00. The summed E-state index contributed by atoms with van der Waals surface area (Å²) in [5, 5.41) is 34.5. The first-order valence-corrected chi connectivity index (χ1v) is 9.80. The molecule has 3 aromatic rings. The Balaban J connectivity index is 1.81. The van der Waals surface area contributed by atoms with Gasteiger partial charge in [-0.25, -0.2) is 4.99 Å². The van der Waals surface area contributed by atoms with Crippen molar-refractivity contribution in [2.24, 2.45) is 4.99 Å². The molecule has 0 radical (unpaired) electrons. The zero-order valence-corrected chi connectivity index (χ0v) is 16.5. The number of hydrogen-bond donors (Lipinski definition) is 0. The van der Waals surface area contributed by atoms with Crippen LogP contribution in [0.15, 0.2) is 53.5 Å². The predicted octanol–water partition coefficient (Wildman–Crippen LogP) is 5.05. The van der Waals surface area contributed by atoms with Crippen molar-refractivity contribution in [2.45, 2.75) is 19.3 Å². The molecule has 10 nitrogen and oxygen atoms in total. The molecule has 0 N–H and O–H groups in total. The van der Waals surface area contributed by atoms with Crippen LogP contribution >= 0.6 is 0 Å². The summed E-state index contributed by atoms with van der Waals surface area (Å²) in [7, 11) is 0. The highest BCUT2D eigenvalue weighted by atomic mass is 16.6. The van der Waals surface area contributed by atoms with Gasteiger partial charge >= 0.3 is 0 Å². The Bertz CT molecular complexity index is 1400. The summed E-state index contributed by atoms with van der Waals surface area (Å²) in [6.45, 7) is 0. The molecule has 0 heterocycles. The fourth-order valence-corrected chi connectivity index (χ4v) is 4.41. The first kappa shape index (κ1) is 19.5. The molecule has 0 aromatic heterocycles. The van der Waals surface area contributed by atoms with E-state index >= 15 is 0 Å². The van der Waals surface area contributed by atoms with Gasteiger partial charge in [0.1, 0.15) is 0 Å². The molecular weight excluding hydrogens is 416 g/mol. The normalized spacial score (nSPS) is 14.7. The molecule has 0 spiro atoms. The van der Waals surface area contributed by atoms with Crippen LogP contribution in [0, 0.1) is 30.3 Å². The second kappa shape index (κ2) is 7.05. The number of non-ortho nitro benzene ring substituents is 2. The van der Waals surface area contributed by atoms with Gasteiger partial charge in [-0.05, 0) is 54.2 Å². The molecule has 0 saturated heterocycles. The van der Waals surface area contributed by atoms with Crippen molar-refractivity contribution in [3.05, 3.63) is 101 Å². The average molecular weight is 430 g/mol. The van der Waals surface area contributed by atoms with Gasteiger partial charge in [0.2, 0.25) is 0 Å². The minimum Gasteiger partial charge on any atom is -0.258 e. The SMILES string of the molecule is O=[N+]([O-])c1ccc2c(c1)C(=Nc1ccc3c(c1)CCC3)c1cc([N+](=O)[O-])cc([N+](=O)[O-])c1-2. The summed E-state index contributed by atoms with van der Waals surface area (Å²) in [6.07, 6.45) is 2.96. The monoisotopic (exact) mass is 430 g/mol. The van der Waals surface area contributed by atoms with E-state index < -0.39 is 26.1 Å². The van der Waals surface area contributed by atoms with E-state index in [4.69, 9.17) is 0 Å². The zero-order valence-electron chi connectivity index (χ0n) is 16.5. The highest BCUT2D eigenvalue weighted by Gasteiger charge is 2.36. The van der Waals surface area contributed by atoms with Gasteiger partial charge in [-0.15, -0.1) is 0 Å². The molecule has 2 aliphatic rings. The Labute approximate surface area is 180 Å². The maximum absolute atomic E-state index is 11.7. The standard InChI is InChI=1S/C22H14N4O6/c27-24(28)15-6-7-17-18(9-15)22(23-14-5-4-12-2-1-3-13(12)8-14)19-10-16(25(29)30)11-20(21(17)19)26(31)32/h4-11H,1-3H2. The van der Waals surface area contributed by atoms with Crippen molar-refractivity contribution in [1.29, 1.82) is 0 Å². The van der Waals surface area contributed by atoms with Crippen molar-refractivity contribution in [3.63, 3.8) is 0 Å². The van der Waals surface area contributed by atoms with Gasteiger partial charge in [-0.1, -0.05) is 6.07 Å². The van der Waals surface area contributed by atoms with Crippen molar-refractivity contribution in [3.8, 4) is 11.1 Å². The zero-order chi connectivity index (χ0) is 22.6. The second-order valence-electron chi connectivity index (χ2n) is 7.66. The number of nitro groups is 3. The van der Waals surface area contributed by atoms with E-state index in [1.54, 1.807) is 0 Å².